The van der Waals surface area contributed by atoms with Gasteiger partial charge in [-0.15, -0.1) is 0 Å². The number of rotatable bonds is 5. The van der Waals surface area contributed by atoms with E-state index in [4.69, 9.17) is 9.47 Å². The molecule has 0 aliphatic carbocycles. The lowest BCUT2D eigenvalue weighted by Crippen LogP contribution is -2.58. The Kier molecular flexibility index (Phi) is 4.96. The molecule has 2 heterocycles. The molecule has 0 radical (unpaired) electrons. The fourth-order valence-electron chi connectivity index (χ4n) is 3.09. The summed E-state index contributed by atoms with van der Waals surface area (Å²) in [5.41, 5.74) is 0.763. The number of nitrogens with zero attached hydrogens (tertiary/aromatic N) is 1. The summed E-state index contributed by atoms with van der Waals surface area (Å²) in [6, 6.07) is 0. The number of hydrogen-bond donors (Lipinski definition) is 1. The van der Waals surface area contributed by atoms with Gasteiger partial charge in [-0.1, -0.05) is 6.08 Å². The third-order valence-corrected chi connectivity index (χ3v) is 4.03. The summed E-state index contributed by atoms with van der Waals surface area (Å²) in [7, 11) is 3.35. The number of likely N-dealkylation sites (N-methyl/N-ethyl adjacent to an activating group) is 1. The highest BCUT2D eigenvalue weighted by atomic mass is 16.5. The van der Waals surface area contributed by atoms with E-state index in [1.165, 1.54) is 5.57 Å². The highest BCUT2D eigenvalue weighted by Gasteiger charge is 2.47. The minimum absolute atomic E-state index is 0.0594. The van der Waals surface area contributed by atoms with Crippen molar-refractivity contribution in [3.05, 3.63) is 11.6 Å². The number of carbonyl (C=O) groups is 1. The zero-order valence-corrected chi connectivity index (χ0v) is 11.9. The Balaban J connectivity index is 2.12. The summed E-state index contributed by atoms with van der Waals surface area (Å²) in [4.78, 5) is 14.5. The monoisotopic (exact) mass is 268 g/mol. The molecule has 1 fully saturated rings. The standard InChI is InChI=1S/C14H24N2O3/c1-15-13(17)14(11-18-2)6-4-7-16(14)9-12-5-3-8-19-10-12/h5H,3-4,6-11H2,1-2H3,(H,15,17). The Morgan fingerprint density at radius 1 is 1.63 bits per heavy atom. The van der Waals surface area contributed by atoms with Crippen molar-refractivity contribution >= 4 is 5.91 Å². The Hall–Kier alpha value is -0.910. The van der Waals surface area contributed by atoms with E-state index < -0.39 is 5.54 Å². The van der Waals surface area contributed by atoms with Gasteiger partial charge in [-0.2, -0.15) is 0 Å². The van der Waals surface area contributed by atoms with Crippen LogP contribution in [0.4, 0.5) is 0 Å². The fraction of sp³-hybridized carbons (Fsp3) is 0.786. The van der Waals surface area contributed by atoms with Crippen LogP contribution in [0, 0.1) is 0 Å². The molecule has 0 spiro atoms. The van der Waals surface area contributed by atoms with Gasteiger partial charge in [0.2, 0.25) is 5.91 Å². The average molecular weight is 268 g/mol. The lowest BCUT2D eigenvalue weighted by atomic mass is 9.95. The van der Waals surface area contributed by atoms with Crippen LogP contribution in [0.3, 0.4) is 0 Å². The summed E-state index contributed by atoms with van der Waals surface area (Å²) in [5.74, 6) is 0.0594. The van der Waals surface area contributed by atoms with Crippen molar-refractivity contribution in [2.75, 3.05) is 47.1 Å². The highest BCUT2D eigenvalue weighted by molar-refractivity contribution is 5.86. The normalized spacial score (nSPS) is 28.2. The van der Waals surface area contributed by atoms with Gasteiger partial charge in [0.1, 0.15) is 5.54 Å². The lowest BCUT2D eigenvalue weighted by molar-refractivity contribution is -0.134. The van der Waals surface area contributed by atoms with E-state index in [1.807, 2.05) is 0 Å². The van der Waals surface area contributed by atoms with E-state index in [1.54, 1.807) is 14.2 Å². The van der Waals surface area contributed by atoms with Crippen LogP contribution in [0.5, 0.6) is 0 Å². The molecule has 108 valence electrons. The molecular formula is C14H24N2O3. The van der Waals surface area contributed by atoms with E-state index in [0.717, 1.165) is 39.0 Å². The van der Waals surface area contributed by atoms with Gasteiger partial charge in [-0.3, -0.25) is 9.69 Å². The maximum absolute atomic E-state index is 12.3. The van der Waals surface area contributed by atoms with E-state index >= 15 is 0 Å². The third kappa shape index (κ3) is 2.99. The zero-order chi connectivity index (χ0) is 13.7. The van der Waals surface area contributed by atoms with Crippen molar-refractivity contribution in [2.24, 2.45) is 0 Å². The van der Waals surface area contributed by atoms with Crippen molar-refractivity contribution in [2.45, 2.75) is 24.8 Å². The number of likely N-dealkylation sites (tertiary alicyclic amines) is 1. The van der Waals surface area contributed by atoms with Crippen LogP contribution in [0.25, 0.3) is 0 Å². The quantitative estimate of drug-likeness (QED) is 0.740. The summed E-state index contributed by atoms with van der Waals surface area (Å²) >= 11 is 0. The second-order valence-electron chi connectivity index (χ2n) is 5.27. The molecule has 0 saturated carbocycles. The molecule has 0 aromatic heterocycles. The molecule has 1 atom stereocenters. The van der Waals surface area contributed by atoms with Crippen molar-refractivity contribution in [1.29, 1.82) is 0 Å². The van der Waals surface area contributed by atoms with Crippen molar-refractivity contribution in [1.82, 2.24) is 10.2 Å². The fourth-order valence-corrected chi connectivity index (χ4v) is 3.09. The summed E-state index contributed by atoms with van der Waals surface area (Å²) in [6.45, 7) is 3.68. The van der Waals surface area contributed by atoms with Crippen molar-refractivity contribution < 1.29 is 14.3 Å². The molecule has 2 aliphatic rings. The number of nitrogens with one attached hydrogen (secondary N) is 1. The van der Waals surface area contributed by atoms with Gasteiger partial charge in [0.05, 0.1) is 19.8 Å². The highest BCUT2D eigenvalue weighted by Crippen LogP contribution is 2.31. The van der Waals surface area contributed by atoms with Crippen LogP contribution in [0.2, 0.25) is 0 Å². The molecule has 0 aromatic rings. The van der Waals surface area contributed by atoms with Gasteiger partial charge in [-0.25, -0.2) is 0 Å². The predicted octanol–water partition coefficient (Wildman–Crippen LogP) is 0.560. The SMILES string of the molecule is CNC(=O)C1(COC)CCCN1CC1=CCCOC1. The van der Waals surface area contributed by atoms with Crippen LogP contribution >= 0.6 is 0 Å². The zero-order valence-electron chi connectivity index (χ0n) is 11.9. The first-order chi connectivity index (χ1) is 9.23. The summed E-state index contributed by atoms with van der Waals surface area (Å²) in [6.07, 6.45) is 5.10. The smallest absolute Gasteiger partial charge is 0.242 e. The molecule has 1 saturated heterocycles. The Morgan fingerprint density at radius 3 is 3.11 bits per heavy atom. The van der Waals surface area contributed by atoms with E-state index in [9.17, 15) is 4.79 Å². The Bertz CT molecular complexity index is 357. The summed E-state index contributed by atoms with van der Waals surface area (Å²) in [5, 5.41) is 2.79. The summed E-state index contributed by atoms with van der Waals surface area (Å²) < 4.78 is 10.8. The number of carbonyl (C=O) groups excluding carboxylic acids is 1. The second kappa shape index (κ2) is 6.50. The Labute approximate surface area is 114 Å². The minimum Gasteiger partial charge on any atom is -0.382 e. The van der Waals surface area contributed by atoms with Crippen LogP contribution < -0.4 is 5.32 Å². The molecule has 19 heavy (non-hydrogen) atoms. The van der Waals surface area contributed by atoms with Gasteiger partial charge in [-0.05, 0) is 31.4 Å². The molecule has 5 heteroatoms. The number of hydrogen-bond acceptors (Lipinski definition) is 4. The molecule has 0 aromatic carbocycles. The molecule has 1 amide bonds. The second-order valence-corrected chi connectivity index (χ2v) is 5.27. The molecule has 5 nitrogen and oxygen atoms in total. The van der Waals surface area contributed by atoms with Gasteiger partial charge in [0.15, 0.2) is 0 Å². The number of amides is 1. The maximum atomic E-state index is 12.3. The molecule has 1 unspecified atom stereocenters. The first-order valence-corrected chi connectivity index (χ1v) is 6.95. The molecule has 2 rings (SSSR count). The molecule has 1 N–H and O–H groups in total. The van der Waals surface area contributed by atoms with Crippen LogP contribution in [-0.2, 0) is 14.3 Å². The van der Waals surface area contributed by atoms with Crippen LogP contribution in [-0.4, -0.2) is 63.4 Å². The molecule has 2 aliphatic heterocycles. The minimum atomic E-state index is -0.512. The first-order valence-electron chi connectivity index (χ1n) is 6.95. The lowest BCUT2D eigenvalue weighted by Gasteiger charge is -2.37. The van der Waals surface area contributed by atoms with E-state index in [-0.39, 0.29) is 5.91 Å². The molecule has 0 bridgehead atoms. The Morgan fingerprint density at radius 2 is 2.47 bits per heavy atom. The van der Waals surface area contributed by atoms with Crippen LogP contribution in [0.15, 0.2) is 11.6 Å². The third-order valence-electron chi connectivity index (χ3n) is 4.03. The van der Waals surface area contributed by atoms with Gasteiger partial charge < -0.3 is 14.8 Å². The van der Waals surface area contributed by atoms with Crippen molar-refractivity contribution in [3.63, 3.8) is 0 Å². The van der Waals surface area contributed by atoms with Crippen LogP contribution in [0.1, 0.15) is 19.3 Å². The van der Waals surface area contributed by atoms with E-state index in [0.29, 0.717) is 13.2 Å². The number of ether oxygens (including phenoxy) is 2. The first kappa shape index (κ1) is 14.5. The van der Waals surface area contributed by atoms with Gasteiger partial charge >= 0.3 is 0 Å². The maximum Gasteiger partial charge on any atom is 0.242 e. The van der Waals surface area contributed by atoms with Gasteiger partial charge in [0, 0.05) is 20.7 Å². The number of methoxy groups -OCH3 is 1. The predicted molar refractivity (Wildman–Crippen MR) is 73.0 cm³/mol. The molecular weight excluding hydrogens is 244 g/mol. The topological polar surface area (TPSA) is 50.8 Å². The van der Waals surface area contributed by atoms with Crippen molar-refractivity contribution in [3.8, 4) is 0 Å². The average Bonchev–Trinajstić information content (AvgIpc) is 2.83. The van der Waals surface area contributed by atoms with E-state index in [2.05, 4.69) is 16.3 Å². The van der Waals surface area contributed by atoms with Gasteiger partial charge in [0.25, 0.3) is 0 Å². The largest absolute Gasteiger partial charge is 0.382 e.